The van der Waals surface area contributed by atoms with Gasteiger partial charge in [-0.1, -0.05) is 32.1 Å². The molecule has 1 atom stereocenters. The van der Waals surface area contributed by atoms with Gasteiger partial charge >= 0.3 is 0 Å². The van der Waals surface area contributed by atoms with Crippen molar-refractivity contribution >= 4 is 6.20 Å². The van der Waals surface area contributed by atoms with Gasteiger partial charge in [-0.05, 0) is 49.8 Å². The Morgan fingerprint density at radius 2 is 2.04 bits per heavy atom. The standard InChI is InChI=1S/C17H21N3O2.C3H8O.C2H6/c1-18-16-8-9-17(22-12-14-2-3-14)19-20(16)11-10-13-4-6-15(21)7-5-13;1-3-4-2;1-2/h4-6,8-11,14-15,21H,2-3,7,12H2,1H3;3H2,1-2H3;1-2H3/b11-10+,18-16?;;. The molecule has 3 rings (SSSR count). The molecule has 156 valence electrons. The normalized spacial score (nSPS) is 18.7. The van der Waals surface area contributed by atoms with E-state index in [0.717, 1.165) is 24.3 Å². The zero-order valence-corrected chi connectivity index (χ0v) is 17.8. The van der Waals surface area contributed by atoms with Gasteiger partial charge in [0.2, 0.25) is 5.88 Å². The maximum absolute atomic E-state index is 9.44. The van der Waals surface area contributed by atoms with Crippen molar-refractivity contribution in [3.63, 3.8) is 0 Å². The van der Waals surface area contributed by atoms with Crippen LogP contribution >= 0.6 is 0 Å². The van der Waals surface area contributed by atoms with E-state index >= 15 is 0 Å². The van der Waals surface area contributed by atoms with Crippen LogP contribution in [0.3, 0.4) is 0 Å². The van der Waals surface area contributed by atoms with Crippen molar-refractivity contribution in [1.82, 2.24) is 9.78 Å². The topological polar surface area (TPSA) is 68.9 Å². The lowest BCUT2D eigenvalue weighted by molar-refractivity contribution is 0.215. The van der Waals surface area contributed by atoms with Crippen molar-refractivity contribution in [3.05, 3.63) is 47.5 Å². The Morgan fingerprint density at radius 3 is 2.57 bits per heavy atom. The number of aromatic nitrogens is 2. The van der Waals surface area contributed by atoms with Crippen LogP contribution in [0, 0.1) is 5.92 Å². The minimum atomic E-state index is -0.372. The van der Waals surface area contributed by atoms with Crippen LogP contribution in [0.2, 0.25) is 0 Å². The molecule has 1 fully saturated rings. The first kappa shape index (κ1) is 23.9. The summed E-state index contributed by atoms with van der Waals surface area (Å²) in [5.41, 5.74) is 1.81. The van der Waals surface area contributed by atoms with Crippen molar-refractivity contribution in [2.45, 2.75) is 46.1 Å². The number of rotatable bonds is 6. The SMILES string of the molecule is CC.CCOC.CN=c1ccc(OCC2CC2)nn1/C=C/C1=CCC(O)C=C1. The number of allylic oxidation sites excluding steroid dienone is 3. The molecule has 1 aromatic heterocycles. The molecule has 0 aromatic carbocycles. The average Bonchev–Trinajstić information content (AvgIpc) is 3.58. The van der Waals surface area contributed by atoms with Gasteiger partial charge in [-0.3, -0.25) is 4.99 Å². The molecule has 1 N–H and O–H groups in total. The van der Waals surface area contributed by atoms with Crippen LogP contribution in [-0.2, 0) is 4.74 Å². The summed E-state index contributed by atoms with van der Waals surface area (Å²) in [5.74, 6) is 1.32. The Morgan fingerprint density at radius 1 is 1.32 bits per heavy atom. The molecule has 2 aliphatic rings. The summed E-state index contributed by atoms with van der Waals surface area (Å²) in [6.07, 6.45) is 12.3. The largest absolute Gasteiger partial charge is 0.476 e. The molecule has 2 aliphatic carbocycles. The van der Waals surface area contributed by atoms with Crippen molar-refractivity contribution in [2.24, 2.45) is 10.9 Å². The molecule has 0 spiro atoms. The first-order valence-electron chi connectivity index (χ1n) is 10.0. The lowest BCUT2D eigenvalue weighted by atomic mass is 10.1. The average molecular weight is 390 g/mol. The van der Waals surface area contributed by atoms with E-state index in [4.69, 9.17) is 4.74 Å². The quantitative estimate of drug-likeness (QED) is 0.807. The smallest absolute Gasteiger partial charge is 0.231 e. The molecular formula is C22H35N3O3. The molecule has 0 bridgehead atoms. The predicted molar refractivity (Wildman–Crippen MR) is 114 cm³/mol. The van der Waals surface area contributed by atoms with Gasteiger partial charge in [-0.15, -0.1) is 5.10 Å². The molecule has 0 radical (unpaired) electrons. The summed E-state index contributed by atoms with van der Waals surface area (Å²) in [5, 5.41) is 13.9. The summed E-state index contributed by atoms with van der Waals surface area (Å²) >= 11 is 0. The molecule has 1 heterocycles. The van der Waals surface area contributed by atoms with Crippen molar-refractivity contribution in [2.75, 3.05) is 27.4 Å². The first-order valence-corrected chi connectivity index (χ1v) is 10.0. The Labute approximate surface area is 168 Å². The minimum absolute atomic E-state index is 0.372. The molecule has 0 aliphatic heterocycles. The van der Waals surface area contributed by atoms with Gasteiger partial charge in [0.1, 0.15) is 5.49 Å². The van der Waals surface area contributed by atoms with E-state index in [-0.39, 0.29) is 6.10 Å². The number of hydrogen-bond acceptors (Lipinski definition) is 5. The number of hydrogen-bond donors (Lipinski definition) is 1. The third kappa shape index (κ3) is 9.15. The summed E-state index contributed by atoms with van der Waals surface area (Å²) in [6, 6.07) is 3.75. The minimum Gasteiger partial charge on any atom is -0.476 e. The molecule has 1 unspecified atom stereocenters. The van der Waals surface area contributed by atoms with Crippen LogP contribution in [0.25, 0.3) is 6.20 Å². The zero-order chi connectivity index (χ0) is 20.8. The first-order chi connectivity index (χ1) is 13.7. The van der Waals surface area contributed by atoms with Crippen LogP contribution < -0.4 is 10.2 Å². The van der Waals surface area contributed by atoms with Gasteiger partial charge in [0.25, 0.3) is 0 Å². The lowest BCUT2D eigenvalue weighted by Crippen LogP contribution is -2.19. The molecule has 1 saturated carbocycles. The third-order valence-electron chi connectivity index (χ3n) is 4.01. The van der Waals surface area contributed by atoms with E-state index in [1.165, 1.54) is 12.8 Å². The van der Waals surface area contributed by atoms with E-state index in [9.17, 15) is 5.11 Å². The highest BCUT2D eigenvalue weighted by molar-refractivity contribution is 5.41. The second-order valence-corrected chi connectivity index (χ2v) is 6.21. The van der Waals surface area contributed by atoms with Crippen molar-refractivity contribution < 1.29 is 14.6 Å². The monoisotopic (exact) mass is 389 g/mol. The maximum atomic E-state index is 9.44. The summed E-state index contributed by atoms with van der Waals surface area (Å²) in [7, 11) is 3.42. The Bertz CT molecular complexity index is 714. The number of ether oxygens (including phenoxy) is 2. The number of methoxy groups -OCH3 is 1. The van der Waals surface area contributed by atoms with Crippen LogP contribution in [-0.4, -0.2) is 48.4 Å². The highest BCUT2D eigenvalue weighted by atomic mass is 16.5. The van der Waals surface area contributed by atoms with E-state index in [1.807, 2.05) is 57.3 Å². The fourth-order valence-electron chi connectivity index (χ4n) is 2.17. The van der Waals surface area contributed by atoms with Gasteiger partial charge in [0.05, 0.1) is 12.7 Å². The van der Waals surface area contributed by atoms with E-state index in [1.54, 1.807) is 24.9 Å². The lowest BCUT2D eigenvalue weighted by Gasteiger charge is -2.09. The van der Waals surface area contributed by atoms with Gasteiger partial charge in [-0.2, -0.15) is 0 Å². The summed E-state index contributed by atoms with van der Waals surface area (Å²) in [6.45, 7) is 7.52. The van der Waals surface area contributed by atoms with Gasteiger partial charge in [0, 0.05) is 33.0 Å². The Kier molecular flexibility index (Phi) is 11.9. The van der Waals surface area contributed by atoms with Gasteiger partial charge < -0.3 is 14.6 Å². The Hall–Kier alpha value is -2.18. The number of aliphatic hydroxyl groups is 1. The molecule has 28 heavy (non-hydrogen) atoms. The van der Waals surface area contributed by atoms with Gasteiger partial charge in [0.15, 0.2) is 0 Å². The van der Waals surface area contributed by atoms with Crippen LogP contribution in [0.5, 0.6) is 5.88 Å². The fraction of sp³-hybridized carbons (Fsp3) is 0.545. The third-order valence-corrected chi connectivity index (χ3v) is 4.01. The second kappa shape index (κ2) is 13.9. The highest BCUT2D eigenvalue weighted by Gasteiger charge is 2.22. The predicted octanol–water partition coefficient (Wildman–Crippen LogP) is 3.60. The van der Waals surface area contributed by atoms with Crippen molar-refractivity contribution in [1.29, 1.82) is 0 Å². The molecular weight excluding hydrogens is 354 g/mol. The Balaban J connectivity index is 0.000000583. The fourth-order valence-corrected chi connectivity index (χ4v) is 2.17. The second-order valence-electron chi connectivity index (χ2n) is 6.21. The van der Waals surface area contributed by atoms with E-state index < -0.39 is 0 Å². The summed E-state index contributed by atoms with van der Waals surface area (Å²) < 4.78 is 12.0. The zero-order valence-electron chi connectivity index (χ0n) is 17.8. The highest BCUT2D eigenvalue weighted by Crippen LogP contribution is 2.29. The number of aliphatic hydroxyl groups excluding tert-OH is 1. The van der Waals surface area contributed by atoms with Gasteiger partial charge in [-0.25, -0.2) is 4.68 Å². The molecule has 1 aromatic rings. The molecule has 6 heteroatoms. The number of nitrogens with zero attached hydrogens (tertiary/aromatic N) is 3. The van der Waals surface area contributed by atoms with Crippen LogP contribution in [0.15, 0.2) is 47.0 Å². The summed E-state index contributed by atoms with van der Waals surface area (Å²) in [4.78, 5) is 4.21. The molecule has 6 nitrogen and oxygen atoms in total. The van der Waals surface area contributed by atoms with Crippen LogP contribution in [0.1, 0.15) is 40.0 Å². The van der Waals surface area contributed by atoms with Crippen LogP contribution in [0.4, 0.5) is 0 Å². The maximum Gasteiger partial charge on any atom is 0.231 e. The molecule has 0 saturated heterocycles. The van der Waals surface area contributed by atoms with E-state index in [0.29, 0.717) is 18.2 Å². The van der Waals surface area contributed by atoms with E-state index in [2.05, 4.69) is 14.8 Å². The van der Waals surface area contributed by atoms with Crippen molar-refractivity contribution in [3.8, 4) is 5.88 Å². The molecule has 0 amide bonds.